The van der Waals surface area contributed by atoms with E-state index < -0.39 is 5.97 Å². The highest BCUT2D eigenvalue weighted by molar-refractivity contribution is 9.10. The second-order valence-electron chi connectivity index (χ2n) is 12.1. The fourth-order valence-corrected chi connectivity index (χ4v) is 8.81. The number of ketones is 1. The van der Waals surface area contributed by atoms with Crippen molar-refractivity contribution in [2.24, 2.45) is 35.5 Å². The number of pyridine rings is 1. The van der Waals surface area contributed by atoms with E-state index in [4.69, 9.17) is 9.72 Å². The van der Waals surface area contributed by atoms with E-state index >= 15 is 0 Å². The number of amides is 2. The Kier molecular flexibility index (Phi) is 6.46. The average Bonchev–Trinajstić information content (AvgIpc) is 3.60. The lowest BCUT2D eigenvalue weighted by Gasteiger charge is -2.37. The normalized spacial score (nSPS) is 26.2. The van der Waals surface area contributed by atoms with Crippen LogP contribution in [0.25, 0.3) is 22.2 Å². The van der Waals surface area contributed by atoms with Crippen molar-refractivity contribution in [3.05, 3.63) is 92.6 Å². The summed E-state index contributed by atoms with van der Waals surface area (Å²) in [5.41, 5.74) is 3.76. The van der Waals surface area contributed by atoms with Crippen LogP contribution in [0.1, 0.15) is 38.9 Å². The number of esters is 1. The number of ether oxygens (including phenoxy) is 1. The third-order valence-corrected chi connectivity index (χ3v) is 11.1. The Morgan fingerprint density at radius 2 is 1.70 bits per heavy atom. The molecule has 2 aromatic heterocycles. The highest BCUT2D eigenvalue weighted by Gasteiger charge is 2.67. The number of aryl methyl sites for hydroxylation is 1. The first-order valence-electron chi connectivity index (χ1n) is 14.9. The molecule has 4 aromatic rings. The van der Waals surface area contributed by atoms with Crippen LogP contribution in [0.3, 0.4) is 0 Å². The Bertz CT molecular complexity index is 1880. The van der Waals surface area contributed by atoms with Gasteiger partial charge in [-0.2, -0.15) is 0 Å². The van der Waals surface area contributed by atoms with E-state index in [1.165, 1.54) is 16.2 Å². The molecule has 220 valence electrons. The Morgan fingerprint density at radius 3 is 2.34 bits per heavy atom. The van der Waals surface area contributed by atoms with Crippen LogP contribution in [0.15, 0.2) is 76.6 Å². The molecule has 3 fully saturated rings. The number of nitrogens with zero attached hydrogens (tertiary/aromatic N) is 2. The van der Waals surface area contributed by atoms with Crippen molar-refractivity contribution < 1.29 is 23.9 Å². The minimum absolute atomic E-state index is 0.0958. The number of carbonyl (C=O) groups is 4. The van der Waals surface area contributed by atoms with E-state index in [0.29, 0.717) is 51.0 Å². The number of thiophene rings is 1. The predicted octanol–water partition coefficient (Wildman–Crippen LogP) is 6.89. The van der Waals surface area contributed by atoms with Gasteiger partial charge in [-0.05, 0) is 83.9 Å². The molecule has 44 heavy (non-hydrogen) atoms. The Hall–Kier alpha value is -3.95. The molecule has 1 aliphatic heterocycles. The smallest absolute Gasteiger partial charge is 0.339 e. The summed E-state index contributed by atoms with van der Waals surface area (Å²) in [4.78, 5) is 60.0. The molecule has 7 nitrogen and oxygen atoms in total. The number of rotatable bonds is 7. The SMILES string of the molecule is CCc1cc(Br)cc2c(C(=O)OCC(=O)c3cccs3)cc(-c3ccc(N4C(=O)C5C6C=CC(C7CC67)C5C4=O)cc3)nc12. The van der Waals surface area contributed by atoms with Gasteiger partial charge in [-0.3, -0.25) is 19.3 Å². The van der Waals surface area contributed by atoms with Gasteiger partial charge >= 0.3 is 5.97 Å². The largest absolute Gasteiger partial charge is 0.454 e. The molecule has 0 spiro atoms. The summed E-state index contributed by atoms with van der Waals surface area (Å²) >= 11 is 4.86. The summed E-state index contributed by atoms with van der Waals surface area (Å²) in [5.74, 6) is -0.135. The molecule has 2 bridgehead atoms. The second-order valence-corrected chi connectivity index (χ2v) is 13.9. The van der Waals surface area contributed by atoms with Gasteiger partial charge in [-0.25, -0.2) is 9.78 Å². The molecule has 1 saturated heterocycles. The van der Waals surface area contributed by atoms with Crippen LogP contribution in [0, 0.1) is 35.5 Å². The maximum atomic E-state index is 13.6. The first-order chi connectivity index (χ1) is 21.3. The Morgan fingerprint density at radius 1 is 1.00 bits per heavy atom. The van der Waals surface area contributed by atoms with Gasteiger partial charge in [0.05, 0.1) is 39.2 Å². The number of halogens is 1. The lowest BCUT2D eigenvalue weighted by molar-refractivity contribution is -0.124. The van der Waals surface area contributed by atoms with E-state index in [1.807, 2.05) is 31.2 Å². The molecule has 2 saturated carbocycles. The molecule has 9 rings (SSSR count). The number of benzene rings is 2. The number of carbonyl (C=O) groups excluding carboxylic acids is 4. The maximum absolute atomic E-state index is 13.6. The number of Topliss-reactive ketones (excluding diaryl/α,β-unsaturated/α-hetero) is 1. The van der Waals surface area contributed by atoms with Gasteiger partial charge in [0.1, 0.15) is 0 Å². The number of anilines is 1. The van der Waals surface area contributed by atoms with E-state index in [2.05, 4.69) is 28.1 Å². The minimum atomic E-state index is -0.613. The predicted molar refractivity (Wildman–Crippen MR) is 170 cm³/mol. The monoisotopic (exact) mass is 666 g/mol. The number of aromatic nitrogens is 1. The molecule has 0 radical (unpaired) electrons. The quantitative estimate of drug-likeness (QED) is 0.0923. The Balaban J connectivity index is 1.12. The molecule has 6 atom stereocenters. The van der Waals surface area contributed by atoms with Crippen LogP contribution in [-0.2, 0) is 20.7 Å². The van der Waals surface area contributed by atoms with Crippen molar-refractivity contribution in [1.82, 2.24) is 4.98 Å². The van der Waals surface area contributed by atoms with Crippen molar-refractivity contribution >= 4 is 67.4 Å². The molecule has 0 N–H and O–H groups in total. The molecular weight excluding hydrogens is 640 g/mol. The number of hydrogen-bond donors (Lipinski definition) is 0. The third-order valence-electron chi connectivity index (χ3n) is 9.77. The van der Waals surface area contributed by atoms with Crippen molar-refractivity contribution in [1.29, 1.82) is 0 Å². The van der Waals surface area contributed by atoms with Gasteiger partial charge in [0.15, 0.2) is 6.61 Å². The van der Waals surface area contributed by atoms with E-state index in [1.54, 1.807) is 35.7 Å². The van der Waals surface area contributed by atoms with Crippen LogP contribution in [0.5, 0.6) is 0 Å². The summed E-state index contributed by atoms with van der Waals surface area (Å²) in [5, 5.41) is 2.43. The van der Waals surface area contributed by atoms with Crippen LogP contribution < -0.4 is 4.90 Å². The highest BCUT2D eigenvalue weighted by atomic mass is 79.9. The first-order valence-corrected chi connectivity index (χ1v) is 16.5. The van der Waals surface area contributed by atoms with Crippen LogP contribution >= 0.6 is 27.3 Å². The average molecular weight is 668 g/mol. The minimum Gasteiger partial charge on any atom is -0.454 e. The van der Waals surface area contributed by atoms with Crippen LogP contribution in [-0.4, -0.2) is 35.2 Å². The lowest BCUT2D eigenvalue weighted by Crippen LogP contribution is -2.40. The standard InChI is InChI=1S/C35H27BrN2O5S/c1-2-17-12-19(36)13-25-26(35(42)43-16-28(39)29-4-3-11-44-29)15-27(37-32(17)25)18-5-7-20(8-6-18)38-33(40)30-21-9-10-22(24-14-23(21)24)31(30)34(38)41/h3-13,15,21-24,30-31H,2,14,16H2,1H3. The van der Waals surface area contributed by atoms with Crippen molar-refractivity contribution in [3.8, 4) is 11.3 Å². The third kappa shape index (κ3) is 4.24. The lowest BCUT2D eigenvalue weighted by atomic mass is 9.63. The fourth-order valence-electron chi connectivity index (χ4n) is 7.66. The van der Waals surface area contributed by atoms with E-state index in [9.17, 15) is 19.2 Å². The molecule has 2 amide bonds. The van der Waals surface area contributed by atoms with Crippen molar-refractivity contribution in [3.63, 3.8) is 0 Å². The summed E-state index contributed by atoms with van der Waals surface area (Å²) in [7, 11) is 0. The summed E-state index contributed by atoms with van der Waals surface area (Å²) in [6, 6.07) is 16.2. The van der Waals surface area contributed by atoms with E-state index in [-0.39, 0.29) is 47.9 Å². The Labute approximate surface area is 266 Å². The van der Waals surface area contributed by atoms with Crippen LogP contribution in [0.2, 0.25) is 0 Å². The molecular formula is C35H27BrN2O5S. The fraction of sp³-hybridized carbons (Fsp3) is 0.286. The van der Waals surface area contributed by atoms with Gasteiger partial charge < -0.3 is 4.74 Å². The summed E-state index contributed by atoms with van der Waals surface area (Å²) < 4.78 is 6.32. The van der Waals surface area contributed by atoms with Crippen molar-refractivity contribution in [2.45, 2.75) is 19.8 Å². The highest BCUT2D eigenvalue weighted by Crippen LogP contribution is 2.65. The zero-order chi connectivity index (χ0) is 30.3. The zero-order valence-electron chi connectivity index (χ0n) is 23.7. The first kappa shape index (κ1) is 27.6. The molecule has 5 aliphatic rings. The number of hydrogen-bond acceptors (Lipinski definition) is 7. The topological polar surface area (TPSA) is 93.6 Å². The molecule has 4 aliphatic carbocycles. The van der Waals surface area contributed by atoms with E-state index in [0.717, 1.165) is 22.0 Å². The second kappa shape index (κ2) is 10.3. The van der Waals surface area contributed by atoms with Gasteiger partial charge in [-0.1, -0.05) is 53.2 Å². The van der Waals surface area contributed by atoms with Gasteiger partial charge in [0, 0.05) is 15.4 Å². The molecule has 2 aromatic carbocycles. The van der Waals surface area contributed by atoms with Gasteiger partial charge in [0.2, 0.25) is 17.6 Å². The number of fused-ring (bicyclic) bond motifs is 1. The summed E-state index contributed by atoms with van der Waals surface area (Å²) in [6.07, 6.45) is 6.16. The van der Waals surface area contributed by atoms with Gasteiger partial charge in [-0.15, -0.1) is 11.3 Å². The maximum Gasteiger partial charge on any atom is 0.339 e. The number of imide groups is 1. The number of allylic oxidation sites excluding steroid dienone is 2. The molecule has 9 heteroatoms. The molecule has 3 heterocycles. The van der Waals surface area contributed by atoms with Crippen LogP contribution in [0.4, 0.5) is 5.69 Å². The molecule has 6 unspecified atom stereocenters. The summed E-state index contributed by atoms with van der Waals surface area (Å²) in [6.45, 7) is 1.66. The van der Waals surface area contributed by atoms with Gasteiger partial charge in [0.25, 0.3) is 0 Å². The zero-order valence-corrected chi connectivity index (χ0v) is 26.1. The van der Waals surface area contributed by atoms with Crippen molar-refractivity contribution in [2.75, 3.05) is 11.5 Å².